The summed E-state index contributed by atoms with van der Waals surface area (Å²) in [7, 11) is 0. The Kier molecular flexibility index (Phi) is 4.96. The summed E-state index contributed by atoms with van der Waals surface area (Å²) in [4.78, 5) is 7.36. The van der Waals surface area contributed by atoms with E-state index in [4.69, 9.17) is 13.8 Å². The molecule has 0 fully saturated rings. The van der Waals surface area contributed by atoms with Crippen molar-refractivity contribution in [1.82, 2.24) is 4.98 Å². The van der Waals surface area contributed by atoms with Gasteiger partial charge in [0, 0.05) is 49.6 Å². The van der Waals surface area contributed by atoms with Crippen molar-refractivity contribution in [3.8, 4) is 34.0 Å². The van der Waals surface area contributed by atoms with Gasteiger partial charge in [-0.25, -0.2) is 4.98 Å². The first-order chi connectivity index (χ1) is 22.3. The number of hydrogen-bond donors (Lipinski definition) is 0. The smallest absolute Gasteiger partial charge is 0.227 e. The summed E-state index contributed by atoms with van der Waals surface area (Å²) in [6.45, 7) is 0. The van der Waals surface area contributed by atoms with Crippen molar-refractivity contribution in [3.05, 3.63) is 146 Å². The first-order valence-electron chi connectivity index (χ1n) is 15.1. The molecule has 0 unspecified atom stereocenters. The molecule has 0 saturated carbocycles. The highest BCUT2D eigenvalue weighted by Gasteiger charge is 2.30. The zero-order valence-corrected chi connectivity index (χ0v) is 24.1. The van der Waals surface area contributed by atoms with Crippen LogP contribution in [0.4, 0.5) is 17.1 Å². The minimum atomic E-state index is 0.636. The van der Waals surface area contributed by atoms with Crippen LogP contribution in [0.5, 0.6) is 0 Å². The lowest BCUT2D eigenvalue weighted by atomic mass is 10.0. The fraction of sp³-hybridized carbons (Fsp3) is 0. The molecule has 0 N–H and O–H groups in total. The van der Waals surface area contributed by atoms with E-state index in [1.54, 1.807) is 0 Å². The first kappa shape index (κ1) is 24.3. The summed E-state index contributed by atoms with van der Waals surface area (Å²) in [5.74, 6) is 1.45. The van der Waals surface area contributed by atoms with Crippen molar-refractivity contribution in [2.75, 3.05) is 4.90 Å². The van der Waals surface area contributed by atoms with Crippen molar-refractivity contribution < 1.29 is 8.83 Å². The van der Waals surface area contributed by atoms with Crippen LogP contribution in [-0.4, -0.2) is 4.98 Å². The molecular formula is C41H24N2O2. The van der Waals surface area contributed by atoms with Crippen LogP contribution in [0, 0.1) is 0 Å². The van der Waals surface area contributed by atoms with Gasteiger partial charge in [-0.3, -0.25) is 0 Å². The van der Waals surface area contributed by atoms with Crippen molar-refractivity contribution in [1.29, 1.82) is 0 Å². The van der Waals surface area contributed by atoms with Crippen molar-refractivity contribution in [2.45, 2.75) is 0 Å². The third kappa shape index (κ3) is 3.57. The summed E-state index contributed by atoms with van der Waals surface area (Å²) in [5, 5.41) is 6.88. The molecule has 1 aliphatic carbocycles. The summed E-state index contributed by atoms with van der Waals surface area (Å²) < 4.78 is 12.8. The molecule has 4 heteroatoms. The second-order valence-electron chi connectivity index (χ2n) is 11.6. The Morgan fingerprint density at radius 2 is 1.24 bits per heavy atom. The Labute approximate surface area is 258 Å². The van der Waals surface area contributed by atoms with Gasteiger partial charge < -0.3 is 13.7 Å². The van der Waals surface area contributed by atoms with Gasteiger partial charge in [0.2, 0.25) is 5.89 Å². The number of hydrogen-bond acceptors (Lipinski definition) is 4. The van der Waals surface area contributed by atoms with Crippen LogP contribution in [0.2, 0.25) is 0 Å². The highest BCUT2D eigenvalue weighted by atomic mass is 16.4. The van der Waals surface area contributed by atoms with Crippen LogP contribution in [0.25, 0.3) is 77.5 Å². The van der Waals surface area contributed by atoms with Crippen LogP contribution < -0.4 is 4.90 Å². The average molecular weight is 577 g/mol. The predicted molar refractivity (Wildman–Crippen MR) is 183 cm³/mol. The van der Waals surface area contributed by atoms with Gasteiger partial charge in [-0.1, -0.05) is 91.0 Å². The molecule has 210 valence electrons. The molecule has 0 aliphatic heterocycles. The zero-order valence-electron chi connectivity index (χ0n) is 24.1. The number of furan rings is 1. The molecule has 45 heavy (non-hydrogen) atoms. The van der Waals surface area contributed by atoms with Gasteiger partial charge in [-0.2, -0.15) is 0 Å². The Morgan fingerprint density at radius 3 is 2.18 bits per heavy atom. The van der Waals surface area contributed by atoms with Gasteiger partial charge in [0.05, 0.1) is 5.69 Å². The predicted octanol–water partition coefficient (Wildman–Crippen LogP) is 11.7. The number of nitrogens with zero attached hydrogens (tertiary/aromatic N) is 2. The summed E-state index contributed by atoms with van der Waals surface area (Å²) in [6.07, 6.45) is 0. The van der Waals surface area contributed by atoms with E-state index in [0.717, 1.165) is 72.5 Å². The molecule has 1 aliphatic rings. The number of benzene rings is 7. The summed E-state index contributed by atoms with van der Waals surface area (Å²) in [6, 6.07) is 50.9. The van der Waals surface area contributed by atoms with Crippen LogP contribution >= 0.6 is 0 Å². The fourth-order valence-electron chi connectivity index (χ4n) is 6.99. The zero-order chi connectivity index (χ0) is 29.5. The summed E-state index contributed by atoms with van der Waals surface area (Å²) >= 11 is 0. The van der Waals surface area contributed by atoms with Gasteiger partial charge in [0.1, 0.15) is 16.9 Å². The van der Waals surface area contributed by atoms with Crippen LogP contribution in [0.15, 0.2) is 154 Å². The molecule has 2 heterocycles. The standard InChI is InChI=1S/C41H24N2O2/c1-2-11-26(12-3-1)41-42-39-32-17-8-14-27-22-29(24-34(38(27)32)40(39)45-41)43(35-18-9-13-25-10-4-5-15-30(25)35)28-20-21-37-33(23-28)31-16-6-7-19-36(31)44-37/h1-24H. The van der Waals surface area contributed by atoms with E-state index in [9.17, 15) is 0 Å². The van der Waals surface area contributed by atoms with Gasteiger partial charge in [0.15, 0.2) is 5.76 Å². The maximum atomic E-state index is 6.55. The van der Waals surface area contributed by atoms with E-state index in [0.29, 0.717) is 5.89 Å². The molecule has 0 spiro atoms. The average Bonchev–Trinajstić information content (AvgIpc) is 3.78. The van der Waals surface area contributed by atoms with E-state index in [1.165, 1.54) is 16.2 Å². The third-order valence-electron chi connectivity index (χ3n) is 8.99. The van der Waals surface area contributed by atoms with Gasteiger partial charge in [0.25, 0.3) is 0 Å². The van der Waals surface area contributed by atoms with Crippen LogP contribution in [-0.2, 0) is 0 Å². The van der Waals surface area contributed by atoms with E-state index in [-0.39, 0.29) is 0 Å². The molecular weight excluding hydrogens is 552 g/mol. The number of fused-ring (bicyclic) bond motifs is 7. The topological polar surface area (TPSA) is 42.4 Å². The number of rotatable bonds is 4. The molecule has 0 bridgehead atoms. The Hall–Kier alpha value is -6.13. The van der Waals surface area contributed by atoms with E-state index >= 15 is 0 Å². The summed E-state index contributed by atoms with van der Waals surface area (Å²) in [5.41, 5.74) is 8.99. The number of oxazole rings is 1. The normalized spacial score (nSPS) is 12.0. The number of anilines is 3. The minimum Gasteiger partial charge on any atom is -0.456 e. The Balaban J connectivity index is 1.24. The largest absolute Gasteiger partial charge is 0.456 e. The number of para-hydroxylation sites is 1. The van der Waals surface area contributed by atoms with E-state index < -0.39 is 0 Å². The molecule has 10 rings (SSSR count). The van der Waals surface area contributed by atoms with Crippen molar-refractivity contribution in [3.63, 3.8) is 0 Å². The maximum absolute atomic E-state index is 6.55. The number of aromatic nitrogens is 1. The van der Waals surface area contributed by atoms with Crippen molar-refractivity contribution in [2.24, 2.45) is 0 Å². The molecule has 4 nitrogen and oxygen atoms in total. The monoisotopic (exact) mass is 576 g/mol. The quantitative estimate of drug-likeness (QED) is 0.209. The molecule has 9 aromatic rings. The molecule has 0 radical (unpaired) electrons. The Morgan fingerprint density at radius 1 is 0.489 bits per heavy atom. The minimum absolute atomic E-state index is 0.636. The lowest BCUT2D eigenvalue weighted by Gasteiger charge is -2.27. The second kappa shape index (κ2) is 9.18. The SMILES string of the molecule is c1ccc(-c2nc3c(o2)-c2cc(N(c4ccc5oc6ccccc6c5c4)c4cccc5ccccc45)cc4cccc-3c24)cc1. The highest BCUT2D eigenvalue weighted by Crippen LogP contribution is 2.51. The molecule has 7 aromatic carbocycles. The highest BCUT2D eigenvalue weighted by molar-refractivity contribution is 6.15. The van der Waals surface area contributed by atoms with Crippen LogP contribution in [0.1, 0.15) is 0 Å². The van der Waals surface area contributed by atoms with E-state index in [1.807, 2.05) is 42.5 Å². The van der Waals surface area contributed by atoms with Crippen molar-refractivity contribution >= 4 is 60.5 Å². The Bertz CT molecular complexity index is 2610. The second-order valence-corrected chi connectivity index (χ2v) is 11.6. The third-order valence-corrected chi connectivity index (χ3v) is 8.99. The molecule has 0 saturated heterocycles. The maximum Gasteiger partial charge on any atom is 0.227 e. The van der Waals surface area contributed by atoms with Gasteiger partial charge >= 0.3 is 0 Å². The molecule has 0 atom stereocenters. The lowest BCUT2D eigenvalue weighted by molar-refractivity contribution is 0.590. The molecule has 2 aromatic heterocycles. The molecule has 0 amide bonds. The van der Waals surface area contributed by atoms with Crippen LogP contribution in [0.3, 0.4) is 0 Å². The fourth-order valence-corrected chi connectivity index (χ4v) is 6.99. The first-order valence-corrected chi connectivity index (χ1v) is 15.1. The lowest BCUT2D eigenvalue weighted by Crippen LogP contribution is -2.10. The van der Waals surface area contributed by atoms with Gasteiger partial charge in [-0.15, -0.1) is 0 Å². The van der Waals surface area contributed by atoms with Gasteiger partial charge in [-0.05, 0) is 65.4 Å². The van der Waals surface area contributed by atoms with E-state index in [2.05, 4.69) is 108 Å².